The first-order chi connectivity index (χ1) is 14.9. The summed E-state index contributed by atoms with van der Waals surface area (Å²) in [6.45, 7) is 8.33. The lowest BCUT2D eigenvalue weighted by atomic mass is 9.91. The smallest absolute Gasteiger partial charge is 0.233 e. The second-order valence-electron chi connectivity index (χ2n) is 8.89. The van der Waals surface area contributed by atoms with Gasteiger partial charge in [-0.05, 0) is 55.7 Å². The SMILES string of the molecule is CCN(C(=O)C(C)(C)C)c1ncc(C2(S(=O)(=O)c3ccc(Cl)cc3)CCOCC2)cc1Cl. The molecule has 2 aromatic rings. The Hall–Kier alpha value is -1.67. The van der Waals surface area contributed by atoms with Crippen molar-refractivity contribution in [3.8, 4) is 0 Å². The molecule has 0 N–H and O–H groups in total. The van der Waals surface area contributed by atoms with E-state index in [1.165, 1.54) is 23.2 Å². The number of ether oxygens (including phenoxy) is 1. The second-order valence-corrected chi connectivity index (χ2v) is 12.0. The molecule has 1 aromatic heterocycles. The molecule has 0 bridgehead atoms. The van der Waals surface area contributed by atoms with Gasteiger partial charge in [-0.3, -0.25) is 9.69 Å². The summed E-state index contributed by atoms with van der Waals surface area (Å²) >= 11 is 12.6. The summed E-state index contributed by atoms with van der Waals surface area (Å²) in [5.41, 5.74) is -0.122. The summed E-state index contributed by atoms with van der Waals surface area (Å²) in [7, 11) is -3.81. The van der Waals surface area contributed by atoms with Gasteiger partial charge < -0.3 is 4.74 Å². The number of halogens is 2. The van der Waals surface area contributed by atoms with Crippen molar-refractivity contribution in [2.75, 3.05) is 24.7 Å². The van der Waals surface area contributed by atoms with Gasteiger partial charge in [0, 0.05) is 36.4 Å². The molecule has 1 aliphatic heterocycles. The van der Waals surface area contributed by atoms with Crippen LogP contribution in [0.15, 0.2) is 41.4 Å². The highest BCUT2D eigenvalue weighted by Crippen LogP contribution is 2.45. The van der Waals surface area contributed by atoms with E-state index >= 15 is 0 Å². The molecule has 0 radical (unpaired) electrons. The largest absolute Gasteiger partial charge is 0.381 e. The molecular weight excluding hydrogens is 471 g/mol. The third-order valence-corrected chi connectivity index (χ3v) is 8.84. The van der Waals surface area contributed by atoms with Gasteiger partial charge in [0.25, 0.3) is 0 Å². The Morgan fingerprint density at radius 3 is 2.25 bits per heavy atom. The highest BCUT2D eigenvalue weighted by Gasteiger charge is 2.48. The summed E-state index contributed by atoms with van der Waals surface area (Å²) in [6.07, 6.45) is 2.07. The van der Waals surface area contributed by atoms with E-state index in [0.29, 0.717) is 36.2 Å². The van der Waals surface area contributed by atoms with E-state index in [0.717, 1.165) is 0 Å². The van der Waals surface area contributed by atoms with Crippen LogP contribution in [0, 0.1) is 5.41 Å². The van der Waals surface area contributed by atoms with E-state index in [1.807, 2.05) is 27.7 Å². The van der Waals surface area contributed by atoms with E-state index in [9.17, 15) is 13.2 Å². The van der Waals surface area contributed by atoms with Crippen molar-refractivity contribution < 1.29 is 17.9 Å². The standard InChI is InChI=1S/C23H28Cl2N2O4S/c1-5-27(21(28)22(2,3)4)20-19(25)14-16(15-26-20)23(10-12-31-13-11-23)32(29,30)18-8-6-17(24)7-9-18/h6-9,14-15H,5,10-13H2,1-4H3. The molecule has 0 saturated carbocycles. The molecule has 32 heavy (non-hydrogen) atoms. The zero-order chi connectivity index (χ0) is 23.7. The van der Waals surface area contributed by atoms with Crippen LogP contribution in [-0.4, -0.2) is 39.1 Å². The van der Waals surface area contributed by atoms with Crippen molar-refractivity contribution in [3.63, 3.8) is 0 Å². The van der Waals surface area contributed by atoms with Crippen LogP contribution in [0.5, 0.6) is 0 Å². The van der Waals surface area contributed by atoms with Crippen molar-refractivity contribution in [1.29, 1.82) is 0 Å². The maximum Gasteiger partial charge on any atom is 0.233 e. The van der Waals surface area contributed by atoms with Gasteiger partial charge in [-0.15, -0.1) is 0 Å². The highest BCUT2D eigenvalue weighted by molar-refractivity contribution is 7.92. The lowest BCUT2D eigenvalue weighted by Crippen LogP contribution is -2.42. The van der Waals surface area contributed by atoms with Gasteiger partial charge in [0.05, 0.1) is 9.92 Å². The molecule has 2 heterocycles. The number of rotatable bonds is 5. The maximum absolute atomic E-state index is 13.8. The van der Waals surface area contributed by atoms with Crippen molar-refractivity contribution in [2.24, 2.45) is 5.41 Å². The van der Waals surface area contributed by atoms with Gasteiger partial charge in [0.1, 0.15) is 4.75 Å². The number of hydrogen-bond acceptors (Lipinski definition) is 5. The predicted molar refractivity (Wildman–Crippen MR) is 127 cm³/mol. The first kappa shape index (κ1) is 25.0. The summed E-state index contributed by atoms with van der Waals surface area (Å²) in [5.74, 6) is 0.209. The van der Waals surface area contributed by atoms with Crippen LogP contribution in [-0.2, 0) is 24.1 Å². The third kappa shape index (κ3) is 4.53. The first-order valence-corrected chi connectivity index (χ1v) is 12.7. The van der Waals surface area contributed by atoms with Gasteiger partial charge in [-0.2, -0.15) is 0 Å². The third-order valence-electron chi connectivity index (χ3n) is 5.75. The summed E-state index contributed by atoms with van der Waals surface area (Å²) < 4.78 is 31.9. The maximum atomic E-state index is 13.8. The van der Waals surface area contributed by atoms with E-state index in [1.54, 1.807) is 18.2 Å². The van der Waals surface area contributed by atoms with E-state index in [2.05, 4.69) is 4.98 Å². The first-order valence-electron chi connectivity index (χ1n) is 10.5. The van der Waals surface area contributed by atoms with Gasteiger partial charge in [-0.1, -0.05) is 44.0 Å². The van der Waals surface area contributed by atoms with Crippen LogP contribution >= 0.6 is 23.2 Å². The van der Waals surface area contributed by atoms with Crippen LogP contribution in [0.25, 0.3) is 0 Å². The van der Waals surface area contributed by atoms with E-state index < -0.39 is 20.0 Å². The topological polar surface area (TPSA) is 76.6 Å². The van der Waals surface area contributed by atoms with Crippen LogP contribution in [0.4, 0.5) is 5.82 Å². The quantitative estimate of drug-likeness (QED) is 0.561. The second kappa shape index (κ2) is 9.29. The number of nitrogens with zero attached hydrogens (tertiary/aromatic N) is 2. The van der Waals surface area contributed by atoms with E-state index in [4.69, 9.17) is 27.9 Å². The average Bonchev–Trinajstić information content (AvgIpc) is 2.75. The highest BCUT2D eigenvalue weighted by atomic mass is 35.5. The van der Waals surface area contributed by atoms with Crippen molar-refractivity contribution in [1.82, 2.24) is 4.98 Å². The number of anilines is 1. The molecule has 1 aliphatic rings. The van der Waals surface area contributed by atoms with Gasteiger partial charge in [0.2, 0.25) is 5.91 Å². The Kier molecular flexibility index (Phi) is 7.25. The lowest BCUT2D eigenvalue weighted by Gasteiger charge is -2.37. The van der Waals surface area contributed by atoms with Gasteiger partial charge in [-0.25, -0.2) is 13.4 Å². The predicted octanol–water partition coefficient (Wildman–Crippen LogP) is 5.27. The number of sulfone groups is 1. The Labute approximate surface area is 199 Å². The molecule has 6 nitrogen and oxygen atoms in total. The number of aromatic nitrogens is 1. The van der Waals surface area contributed by atoms with Crippen LogP contribution in [0.2, 0.25) is 10.0 Å². The molecule has 1 aromatic carbocycles. The fourth-order valence-corrected chi connectivity index (χ4v) is 6.39. The number of pyridine rings is 1. The van der Waals surface area contributed by atoms with E-state index in [-0.39, 0.29) is 28.7 Å². The minimum Gasteiger partial charge on any atom is -0.381 e. The van der Waals surface area contributed by atoms with Crippen LogP contribution in [0.1, 0.15) is 46.1 Å². The minimum atomic E-state index is -3.81. The number of carbonyl (C=O) groups excluding carboxylic acids is 1. The average molecular weight is 499 g/mol. The summed E-state index contributed by atoms with van der Waals surface area (Å²) in [5, 5.41) is 0.696. The Bertz CT molecular complexity index is 1090. The number of benzene rings is 1. The zero-order valence-corrected chi connectivity index (χ0v) is 21.0. The summed E-state index contributed by atoms with van der Waals surface area (Å²) in [6, 6.07) is 7.78. The minimum absolute atomic E-state index is 0.114. The van der Waals surface area contributed by atoms with Crippen molar-refractivity contribution >= 4 is 44.8 Å². The molecular formula is C23H28Cl2N2O4S. The number of carbonyl (C=O) groups is 1. The normalized spacial score (nSPS) is 16.6. The molecule has 3 rings (SSSR count). The van der Waals surface area contributed by atoms with Gasteiger partial charge in [0.15, 0.2) is 15.7 Å². The molecule has 0 unspecified atom stereocenters. The molecule has 1 fully saturated rings. The van der Waals surface area contributed by atoms with Crippen molar-refractivity contribution in [3.05, 3.63) is 52.1 Å². The van der Waals surface area contributed by atoms with Crippen molar-refractivity contribution in [2.45, 2.75) is 50.2 Å². The Balaban J connectivity index is 2.11. The van der Waals surface area contributed by atoms with Gasteiger partial charge >= 0.3 is 0 Å². The molecule has 9 heteroatoms. The fraction of sp³-hybridized carbons (Fsp3) is 0.478. The molecule has 0 aliphatic carbocycles. The number of amides is 1. The lowest BCUT2D eigenvalue weighted by molar-refractivity contribution is -0.125. The zero-order valence-electron chi connectivity index (χ0n) is 18.7. The number of hydrogen-bond donors (Lipinski definition) is 0. The Morgan fingerprint density at radius 2 is 1.75 bits per heavy atom. The summed E-state index contributed by atoms with van der Waals surface area (Å²) in [4.78, 5) is 19.1. The molecule has 1 amide bonds. The van der Waals surface area contributed by atoms with Crippen LogP contribution in [0.3, 0.4) is 0 Å². The van der Waals surface area contributed by atoms with Crippen LogP contribution < -0.4 is 4.90 Å². The fourth-order valence-electron chi connectivity index (χ4n) is 3.93. The molecule has 0 spiro atoms. The molecule has 0 atom stereocenters. The monoisotopic (exact) mass is 498 g/mol. The Morgan fingerprint density at radius 1 is 1.16 bits per heavy atom. The molecule has 1 saturated heterocycles. The molecule has 174 valence electrons.